The number of carbonyl (C=O) groups is 1. The van der Waals surface area contributed by atoms with Gasteiger partial charge in [-0.2, -0.15) is 0 Å². The number of pyridine rings is 1. The standard InChI is InChI=1S/C22H25N5O2/c1-22(2,3)20(29)13-7-24-21-19(13)26-17(8-25-21)12-4-5-23-18(6-12)27-9-14-15(10-27)16(14)11-28/h4-8,14-16,28H,9-11H2,1-3H3,(H,24,25)/t14-,15+,16+. The molecule has 3 aromatic rings. The van der Waals surface area contributed by atoms with Gasteiger partial charge in [0.25, 0.3) is 0 Å². The summed E-state index contributed by atoms with van der Waals surface area (Å²) in [5, 5.41) is 9.37. The average Bonchev–Trinajstić information content (AvgIpc) is 3.05. The van der Waals surface area contributed by atoms with Crippen LogP contribution in [0.3, 0.4) is 0 Å². The molecule has 1 aliphatic carbocycles. The van der Waals surface area contributed by atoms with E-state index in [0.717, 1.165) is 30.2 Å². The topological polar surface area (TPSA) is 95.0 Å². The second-order valence-corrected chi connectivity index (χ2v) is 9.22. The highest BCUT2D eigenvalue weighted by Crippen LogP contribution is 2.52. The second-order valence-electron chi connectivity index (χ2n) is 9.22. The first-order valence-corrected chi connectivity index (χ1v) is 10.1. The normalized spacial score (nSPS) is 23.4. The van der Waals surface area contributed by atoms with Crippen molar-refractivity contribution in [2.45, 2.75) is 20.8 Å². The van der Waals surface area contributed by atoms with E-state index in [1.54, 1.807) is 18.6 Å². The van der Waals surface area contributed by atoms with Crippen molar-refractivity contribution in [3.05, 3.63) is 36.3 Å². The number of ketones is 1. The molecule has 2 fully saturated rings. The van der Waals surface area contributed by atoms with Gasteiger partial charge < -0.3 is 15.0 Å². The van der Waals surface area contributed by atoms with E-state index in [0.29, 0.717) is 41.1 Å². The third-order valence-electron chi connectivity index (χ3n) is 6.25. The Morgan fingerprint density at radius 2 is 2.03 bits per heavy atom. The summed E-state index contributed by atoms with van der Waals surface area (Å²) in [5.41, 5.74) is 2.96. The molecule has 0 unspecified atom stereocenters. The molecule has 1 saturated heterocycles. The zero-order valence-corrected chi connectivity index (χ0v) is 16.9. The number of hydrogen-bond donors (Lipinski definition) is 2. The number of nitrogens with zero attached hydrogens (tertiary/aromatic N) is 4. The quantitative estimate of drug-likeness (QED) is 0.664. The maximum Gasteiger partial charge on any atom is 0.171 e. The number of piperidine rings is 1. The first-order valence-electron chi connectivity index (χ1n) is 10.1. The largest absolute Gasteiger partial charge is 0.396 e. The molecule has 1 aliphatic heterocycles. The van der Waals surface area contributed by atoms with Crippen molar-refractivity contribution in [2.75, 3.05) is 24.6 Å². The van der Waals surface area contributed by atoms with Crippen LogP contribution in [-0.4, -0.2) is 50.5 Å². The van der Waals surface area contributed by atoms with Gasteiger partial charge in [-0.25, -0.2) is 15.0 Å². The number of H-pyrrole nitrogens is 1. The lowest BCUT2D eigenvalue weighted by Gasteiger charge is -2.21. The lowest BCUT2D eigenvalue weighted by atomic mass is 9.87. The number of anilines is 1. The van der Waals surface area contributed by atoms with Crippen LogP contribution in [0.25, 0.3) is 22.4 Å². The van der Waals surface area contributed by atoms with E-state index in [2.05, 4.69) is 19.9 Å². The van der Waals surface area contributed by atoms with Crippen molar-refractivity contribution in [1.29, 1.82) is 0 Å². The predicted octanol–water partition coefficient (Wildman–Crippen LogP) is 2.92. The van der Waals surface area contributed by atoms with Gasteiger partial charge in [0.2, 0.25) is 0 Å². The van der Waals surface area contributed by atoms with Crippen molar-refractivity contribution in [3.63, 3.8) is 0 Å². The van der Waals surface area contributed by atoms with Gasteiger partial charge in [-0.15, -0.1) is 0 Å². The molecule has 7 heteroatoms. The fourth-order valence-corrected chi connectivity index (χ4v) is 4.47. The van der Waals surface area contributed by atoms with Gasteiger partial charge in [-0.3, -0.25) is 4.79 Å². The van der Waals surface area contributed by atoms with Crippen molar-refractivity contribution in [2.24, 2.45) is 23.2 Å². The number of aromatic nitrogens is 4. The van der Waals surface area contributed by atoms with Crippen LogP contribution in [0.1, 0.15) is 31.1 Å². The summed E-state index contributed by atoms with van der Waals surface area (Å²) in [6.07, 6.45) is 5.23. The SMILES string of the molecule is CC(C)(C)C(=O)c1c[nH]c2ncc(-c3ccnc(N4C[C@@H]5[C@@H](CO)[C@@H]5C4)c3)nc12. The highest BCUT2D eigenvalue weighted by atomic mass is 16.3. The van der Waals surface area contributed by atoms with E-state index in [9.17, 15) is 9.90 Å². The van der Waals surface area contributed by atoms with Gasteiger partial charge in [0.05, 0.1) is 17.5 Å². The van der Waals surface area contributed by atoms with Crippen LogP contribution in [0.2, 0.25) is 0 Å². The Bertz CT molecular complexity index is 1090. The van der Waals surface area contributed by atoms with Crippen LogP contribution in [0.4, 0.5) is 5.82 Å². The molecular formula is C22H25N5O2. The van der Waals surface area contributed by atoms with Gasteiger partial charge in [-0.05, 0) is 29.9 Å². The zero-order valence-electron chi connectivity index (χ0n) is 16.9. The van der Waals surface area contributed by atoms with Crippen LogP contribution in [0, 0.1) is 23.2 Å². The number of carbonyl (C=O) groups excluding carboxylic acids is 1. The van der Waals surface area contributed by atoms with Crippen molar-refractivity contribution in [1.82, 2.24) is 19.9 Å². The molecule has 0 spiro atoms. The molecule has 3 atom stereocenters. The lowest BCUT2D eigenvalue weighted by Crippen LogP contribution is -2.25. The summed E-state index contributed by atoms with van der Waals surface area (Å²) in [6.45, 7) is 7.89. The van der Waals surface area contributed by atoms with Crippen LogP contribution in [0.5, 0.6) is 0 Å². The molecule has 7 nitrogen and oxygen atoms in total. The molecule has 0 bridgehead atoms. The van der Waals surface area contributed by atoms with E-state index >= 15 is 0 Å². The van der Waals surface area contributed by atoms with Crippen molar-refractivity contribution < 1.29 is 9.90 Å². The van der Waals surface area contributed by atoms with Gasteiger partial charge in [0.15, 0.2) is 11.4 Å². The molecule has 5 rings (SSSR count). The summed E-state index contributed by atoms with van der Waals surface area (Å²) in [6, 6.07) is 3.96. The first kappa shape index (κ1) is 18.2. The Balaban J connectivity index is 1.46. The Morgan fingerprint density at radius 3 is 2.72 bits per heavy atom. The van der Waals surface area contributed by atoms with Crippen LogP contribution < -0.4 is 4.90 Å². The smallest absolute Gasteiger partial charge is 0.171 e. The van der Waals surface area contributed by atoms with Crippen LogP contribution in [-0.2, 0) is 0 Å². The van der Waals surface area contributed by atoms with Crippen LogP contribution in [0.15, 0.2) is 30.7 Å². The summed E-state index contributed by atoms with van der Waals surface area (Å²) < 4.78 is 0. The minimum Gasteiger partial charge on any atom is -0.396 e. The predicted molar refractivity (Wildman–Crippen MR) is 111 cm³/mol. The highest BCUT2D eigenvalue weighted by molar-refractivity contribution is 6.08. The highest BCUT2D eigenvalue weighted by Gasteiger charge is 2.55. The third-order valence-corrected chi connectivity index (χ3v) is 6.25. The molecule has 0 radical (unpaired) electrons. The number of Topliss-reactive ketones (excluding diaryl/α,β-unsaturated/α-hetero) is 1. The number of rotatable bonds is 4. The van der Waals surface area contributed by atoms with Gasteiger partial charge >= 0.3 is 0 Å². The van der Waals surface area contributed by atoms with Gasteiger partial charge in [-0.1, -0.05) is 20.8 Å². The molecule has 1 saturated carbocycles. The number of aromatic amines is 1. The summed E-state index contributed by atoms with van der Waals surface area (Å²) in [5.74, 6) is 2.61. The molecule has 4 heterocycles. The molecule has 0 amide bonds. The zero-order chi connectivity index (χ0) is 20.3. The summed E-state index contributed by atoms with van der Waals surface area (Å²) >= 11 is 0. The number of hydrogen-bond acceptors (Lipinski definition) is 6. The Hall–Kier alpha value is -2.80. The monoisotopic (exact) mass is 391 g/mol. The van der Waals surface area contributed by atoms with E-state index in [1.807, 2.05) is 32.9 Å². The first-order chi connectivity index (χ1) is 13.9. The number of aliphatic hydroxyl groups excluding tert-OH is 1. The molecule has 2 N–H and O–H groups in total. The van der Waals surface area contributed by atoms with Crippen molar-refractivity contribution in [3.8, 4) is 11.3 Å². The number of nitrogens with one attached hydrogen (secondary N) is 1. The Morgan fingerprint density at radius 1 is 1.28 bits per heavy atom. The minimum absolute atomic E-state index is 0.0420. The van der Waals surface area contributed by atoms with E-state index in [1.165, 1.54) is 0 Å². The summed E-state index contributed by atoms with van der Waals surface area (Å²) in [4.78, 5) is 31.9. The molecule has 29 heavy (non-hydrogen) atoms. The van der Waals surface area contributed by atoms with E-state index in [-0.39, 0.29) is 5.78 Å². The van der Waals surface area contributed by atoms with E-state index < -0.39 is 5.41 Å². The molecule has 3 aromatic heterocycles. The Kier molecular flexibility index (Phi) is 4.00. The molecular weight excluding hydrogens is 366 g/mol. The Labute approximate surface area is 169 Å². The third kappa shape index (κ3) is 3.00. The second kappa shape index (κ2) is 6.35. The fraction of sp³-hybridized carbons (Fsp3) is 0.455. The summed E-state index contributed by atoms with van der Waals surface area (Å²) in [7, 11) is 0. The minimum atomic E-state index is -0.486. The van der Waals surface area contributed by atoms with Crippen molar-refractivity contribution >= 4 is 22.8 Å². The molecule has 150 valence electrons. The maximum absolute atomic E-state index is 12.8. The number of aliphatic hydroxyl groups is 1. The van der Waals surface area contributed by atoms with E-state index in [4.69, 9.17) is 4.98 Å². The van der Waals surface area contributed by atoms with Gasteiger partial charge in [0, 0.05) is 43.1 Å². The van der Waals surface area contributed by atoms with Gasteiger partial charge in [0.1, 0.15) is 11.3 Å². The van der Waals surface area contributed by atoms with Crippen LogP contribution >= 0.6 is 0 Å². The average molecular weight is 391 g/mol. The lowest BCUT2D eigenvalue weighted by molar-refractivity contribution is 0.0860. The number of fused-ring (bicyclic) bond motifs is 2. The fourth-order valence-electron chi connectivity index (χ4n) is 4.47. The molecule has 0 aromatic carbocycles. The molecule has 2 aliphatic rings. The maximum atomic E-state index is 12.8.